The number of nitrogens with zero attached hydrogens (tertiary/aromatic N) is 1. The Kier molecular flexibility index (Phi) is 3.83. The molecule has 19 heavy (non-hydrogen) atoms. The van der Waals surface area contributed by atoms with Gasteiger partial charge in [-0.1, -0.05) is 11.6 Å². The maximum atomic E-state index is 13.8. The van der Waals surface area contributed by atoms with Gasteiger partial charge >= 0.3 is 0 Å². The van der Waals surface area contributed by atoms with E-state index in [1.54, 1.807) is 18.7 Å². The number of benzene rings is 1. The van der Waals surface area contributed by atoms with E-state index >= 15 is 0 Å². The van der Waals surface area contributed by atoms with Crippen LogP contribution in [0, 0.1) is 5.82 Å². The highest BCUT2D eigenvalue weighted by Crippen LogP contribution is 2.29. The molecule has 0 aliphatic carbocycles. The highest BCUT2D eigenvalue weighted by molar-refractivity contribution is 6.30. The topological polar surface area (TPSA) is 40.5 Å². The lowest BCUT2D eigenvalue weighted by molar-refractivity contribution is 0.000159. The van der Waals surface area contributed by atoms with Crippen molar-refractivity contribution in [3.63, 3.8) is 0 Å². The van der Waals surface area contributed by atoms with Crippen molar-refractivity contribution in [1.82, 2.24) is 4.90 Å². The Hall–Kier alpha value is -1.13. The number of halogens is 2. The molecule has 0 bridgehead atoms. The predicted octanol–water partition coefficient (Wildman–Crippen LogP) is 2.85. The summed E-state index contributed by atoms with van der Waals surface area (Å²) in [5, 5.41) is 10.3. The van der Waals surface area contributed by atoms with Gasteiger partial charge in [0.25, 0.3) is 5.91 Å². The van der Waals surface area contributed by atoms with Crippen LogP contribution >= 0.6 is 11.6 Å². The zero-order chi connectivity index (χ0) is 14.2. The minimum Gasteiger partial charge on any atom is -0.388 e. The number of likely N-dealkylation sites (tertiary alicyclic amines) is 1. The fourth-order valence-electron chi connectivity index (χ4n) is 2.56. The summed E-state index contributed by atoms with van der Waals surface area (Å²) in [4.78, 5) is 13.9. The second-order valence-electron chi connectivity index (χ2n) is 5.43. The Morgan fingerprint density at radius 1 is 1.53 bits per heavy atom. The number of hydrogen-bond acceptors (Lipinski definition) is 2. The van der Waals surface area contributed by atoms with Crippen molar-refractivity contribution in [2.24, 2.45) is 0 Å². The first kappa shape index (κ1) is 14.3. The van der Waals surface area contributed by atoms with Crippen molar-refractivity contribution in [1.29, 1.82) is 0 Å². The molecule has 0 saturated carbocycles. The number of aliphatic hydroxyl groups is 1. The Balaban J connectivity index is 2.28. The van der Waals surface area contributed by atoms with Crippen molar-refractivity contribution in [3.05, 3.63) is 34.6 Å². The molecule has 104 valence electrons. The van der Waals surface area contributed by atoms with Crippen LogP contribution < -0.4 is 0 Å². The highest BCUT2D eigenvalue weighted by Gasteiger charge is 2.39. The van der Waals surface area contributed by atoms with Crippen molar-refractivity contribution in [2.45, 2.75) is 38.3 Å². The van der Waals surface area contributed by atoms with E-state index in [9.17, 15) is 14.3 Å². The number of carbonyl (C=O) groups excluding carboxylic acids is 1. The van der Waals surface area contributed by atoms with Crippen LogP contribution in [-0.2, 0) is 0 Å². The normalized spacial score (nSPS) is 19.8. The third-order valence-electron chi connectivity index (χ3n) is 3.49. The summed E-state index contributed by atoms with van der Waals surface area (Å²) in [6.45, 7) is 3.87. The first-order valence-electron chi connectivity index (χ1n) is 6.29. The van der Waals surface area contributed by atoms with Gasteiger partial charge in [-0.25, -0.2) is 4.39 Å². The van der Waals surface area contributed by atoms with Gasteiger partial charge in [0.15, 0.2) is 0 Å². The molecule has 1 aromatic rings. The number of amides is 1. The molecule has 0 radical (unpaired) electrons. The first-order chi connectivity index (χ1) is 8.80. The van der Waals surface area contributed by atoms with Gasteiger partial charge in [0.2, 0.25) is 0 Å². The summed E-state index contributed by atoms with van der Waals surface area (Å²) in [6.07, 6.45) is 1.54. The molecule has 2 rings (SSSR count). The van der Waals surface area contributed by atoms with Crippen LogP contribution in [0.5, 0.6) is 0 Å². The van der Waals surface area contributed by atoms with E-state index in [1.165, 1.54) is 12.1 Å². The van der Waals surface area contributed by atoms with Crippen molar-refractivity contribution in [2.75, 3.05) is 6.54 Å². The molecule has 1 aliphatic heterocycles. The summed E-state index contributed by atoms with van der Waals surface area (Å²) in [5.74, 6) is -1.02. The molecule has 3 nitrogen and oxygen atoms in total. The minimum atomic E-state index is -0.991. The van der Waals surface area contributed by atoms with Gasteiger partial charge in [-0.05, 0) is 44.9 Å². The Morgan fingerprint density at radius 3 is 2.79 bits per heavy atom. The first-order valence-corrected chi connectivity index (χ1v) is 6.67. The number of hydrogen-bond donors (Lipinski definition) is 1. The van der Waals surface area contributed by atoms with Crippen LogP contribution in [0.3, 0.4) is 0 Å². The molecule has 1 saturated heterocycles. The third kappa shape index (κ3) is 2.90. The van der Waals surface area contributed by atoms with Gasteiger partial charge in [0.1, 0.15) is 5.82 Å². The van der Waals surface area contributed by atoms with E-state index < -0.39 is 17.3 Å². The van der Waals surface area contributed by atoms with E-state index in [0.717, 1.165) is 18.9 Å². The Labute approximate surface area is 117 Å². The number of rotatable bonds is 2. The van der Waals surface area contributed by atoms with Gasteiger partial charge < -0.3 is 10.0 Å². The Morgan fingerprint density at radius 2 is 2.21 bits per heavy atom. The van der Waals surface area contributed by atoms with Gasteiger partial charge in [-0.15, -0.1) is 0 Å². The van der Waals surface area contributed by atoms with Crippen LogP contribution in [0.2, 0.25) is 5.02 Å². The SMILES string of the molecule is CC(C)(O)C1CCCN1C(=O)c1ccc(Cl)cc1F. The molecule has 0 aromatic heterocycles. The zero-order valence-corrected chi connectivity index (χ0v) is 11.7. The fourth-order valence-corrected chi connectivity index (χ4v) is 2.72. The quantitative estimate of drug-likeness (QED) is 0.908. The maximum absolute atomic E-state index is 13.8. The summed E-state index contributed by atoms with van der Waals surface area (Å²) in [5.41, 5.74) is -0.991. The lowest BCUT2D eigenvalue weighted by atomic mass is 9.96. The van der Waals surface area contributed by atoms with E-state index in [-0.39, 0.29) is 16.6 Å². The van der Waals surface area contributed by atoms with Crippen LogP contribution in [0.15, 0.2) is 18.2 Å². The van der Waals surface area contributed by atoms with Gasteiger partial charge in [0.05, 0.1) is 17.2 Å². The molecule has 1 atom stereocenters. The van der Waals surface area contributed by atoms with E-state index in [2.05, 4.69) is 0 Å². The average Bonchev–Trinajstić information content (AvgIpc) is 2.76. The average molecular weight is 286 g/mol. The highest BCUT2D eigenvalue weighted by atomic mass is 35.5. The third-order valence-corrected chi connectivity index (χ3v) is 3.73. The molecule has 1 fully saturated rings. The molecule has 5 heteroatoms. The monoisotopic (exact) mass is 285 g/mol. The molecular formula is C14H17ClFNO2. The van der Waals surface area contributed by atoms with Crippen molar-refractivity contribution >= 4 is 17.5 Å². The van der Waals surface area contributed by atoms with Crippen molar-refractivity contribution in [3.8, 4) is 0 Å². The summed E-state index contributed by atoms with van der Waals surface area (Å²) in [6, 6.07) is 3.73. The van der Waals surface area contributed by atoms with Gasteiger partial charge in [0, 0.05) is 11.6 Å². The smallest absolute Gasteiger partial charge is 0.257 e. The molecule has 1 aromatic carbocycles. The van der Waals surface area contributed by atoms with Gasteiger partial charge in [-0.3, -0.25) is 4.79 Å². The lowest BCUT2D eigenvalue weighted by Gasteiger charge is -2.33. The molecule has 1 unspecified atom stereocenters. The van der Waals surface area contributed by atoms with E-state index in [1.807, 2.05) is 0 Å². The summed E-state index contributed by atoms with van der Waals surface area (Å²) in [7, 11) is 0. The van der Waals surface area contributed by atoms with Crippen LogP contribution in [0.25, 0.3) is 0 Å². The summed E-state index contributed by atoms with van der Waals surface area (Å²) < 4.78 is 13.8. The van der Waals surface area contributed by atoms with Crippen LogP contribution in [0.1, 0.15) is 37.0 Å². The van der Waals surface area contributed by atoms with E-state index in [0.29, 0.717) is 6.54 Å². The predicted molar refractivity (Wildman–Crippen MR) is 71.8 cm³/mol. The molecule has 1 amide bonds. The van der Waals surface area contributed by atoms with E-state index in [4.69, 9.17) is 11.6 Å². The molecule has 1 N–H and O–H groups in total. The molecule has 1 heterocycles. The maximum Gasteiger partial charge on any atom is 0.257 e. The van der Waals surface area contributed by atoms with Crippen LogP contribution in [0.4, 0.5) is 4.39 Å². The summed E-state index contributed by atoms with van der Waals surface area (Å²) >= 11 is 5.68. The van der Waals surface area contributed by atoms with Crippen LogP contribution in [-0.4, -0.2) is 34.1 Å². The zero-order valence-electron chi connectivity index (χ0n) is 11.0. The second-order valence-corrected chi connectivity index (χ2v) is 5.87. The van der Waals surface area contributed by atoms with Crippen molar-refractivity contribution < 1.29 is 14.3 Å². The van der Waals surface area contributed by atoms with Gasteiger partial charge in [-0.2, -0.15) is 0 Å². The minimum absolute atomic E-state index is 0.000509. The number of carbonyl (C=O) groups is 1. The largest absolute Gasteiger partial charge is 0.388 e. The lowest BCUT2D eigenvalue weighted by Crippen LogP contribution is -2.48. The molecular weight excluding hydrogens is 269 g/mol. The Bertz CT molecular complexity index is 499. The standard InChI is InChI=1S/C14H17ClFNO2/c1-14(2,19)12-4-3-7-17(12)13(18)10-6-5-9(15)8-11(10)16/h5-6,8,12,19H,3-4,7H2,1-2H3. The fraction of sp³-hybridized carbons (Fsp3) is 0.500. The molecule has 1 aliphatic rings. The second kappa shape index (κ2) is 5.10. The molecule has 0 spiro atoms.